The summed E-state index contributed by atoms with van der Waals surface area (Å²) in [6.45, 7) is 0.0938. The molecule has 0 saturated carbocycles. The van der Waals surface area contributed by atoms with Crippen LogP contribution in [-0.4, -0.2) is 28.7 Å². The second-order valence-electron chi connectivity index (χ2n) is 6.88. The molecule has 1 amide bonds. The first kappa shape index (κ1) is 18.8. The number of carbonyl (C=O) groups is 1. The van der Waals surface area contributed by atoms with E-state index in [0.717, 1.165) is 15.8 Å². The summed E-state index contributed by atoms with van der Waals surface area (Å²) in [7, 11) is 0. The molecule has 11 heteroatoms. The number of amides is 1. The van der Waals surface area contributed by atoms with Gasteiger partial charge in [-0.25, -0.2) is 4.68 Å². The molecule has 0 radical (unpaired) electrons. The number of alkyl halides is 3. The van der Waals surface area contributed by atoms with E-state index in [1.54, 1.807) is 35.7 Å². The lowest BCUT2D eigenvalue weighted by molar-refractivity contribution is -0.173. The molecule has 2 aliphatic heterocycles. The van der Waals surface area contributed by atoms with Crippen molar-refractivity contribution in [3.05, 3.63) is 52.3 Å². The standard InChI is InChI=1S/C19H15F3N4O3S/c20-19(21,22)16-7-12(15-2-1-5-30-15)25-17-11(8-23-26(16)17)18(27)24-10-3-4-13-14(6-10)29-9-28-13/h1-6,8,12,16,25H,7,9H2,(H,24,27)/t12-,16+/m0/s1. The summed E-state index contributed by atoms with van der Waals surface area (Å²) in [5.74, 6) is 0.512. The highest BCUT2D eigenvalue weighted by molar-refractivity contribution is 7.10. The Morgan fingerprint density at radius 3 is 2.87 bits per heavy atom. The van der Waals surface area contributed by atoms with Crippen molar-refractivity contribution in [2.75, 3.05) is 17.4 Å². The summed E-state index contributed by atoms with van der Waals surface area (Å²) in [6.07, 6.45) is -3.55. The SMILES string of the molecule is O=C(Nc1ccc2c(c1)OCO2)c1cnn2c1N[C@H](c1cccs1)C[C@@H]2C(F)(F)F. The second kappa shape index (κ2) is 6.94. The summed E-state index contributed by atoms with van der Waals surface area (Å²) in [6, 6.07) is 6.03. The predicted octanol–water partition coefficient (Wildman–Crippen LogP) is 4.59. The third-order valence-corrected chi connectivity index (χ3v) is 5.99. The maximum atomic E-state index is 13.7. The van der Waals surface area contributed by atoms with Crippen LogP contribution < -0.4 is 20.1 Å². The minimum Gasteiger partial charge on any atom is -0.454 e. The van der Waals surface area contributed by atoms with E-state index in [1.807, 2.05) is 0 Å². The second-order valence-corrected chi connectivity index (χ2v) is 7.86. The third-order valence-electron chi connectivity index (χ3n) is 5.00. The molecule has 30 heavy (non-hydrogen) atoms. The van der Waals surface area contributed by atoms with E-state index >= 15 is 0 Å². The number of anilines is 2. The van der Waals surface area contributed by atoms with E-state index in [-0.39, 0.29) is 24.6 Å². The van der Waals surface area contributed by atoms with Crippen molar-refractivity contribution in [2.45, 2.75) is 24.7 Å². The van der Waals surface area contributed by atoms with Crippen molar-refractivity contribution < 1.29 is 27.4 Å². The van der Waals surface area contributed by atoms with Crippen LogP contribution in [0.25, 0.3) is 0 Å². The van der Waals surface area contributed by atoms with Gasteiger partial charge in [0.1, 0.15) is 11.4 Å². The molecule has 0 saturated heterocycles. The number of nitrogens with zero attached hydrogens (tertiary/aromatic N) is 2. The molecule has 2 N–H and O–H groups in total. The first-order chi connectivity index (χ1) is 14.4. The van der Waals surface area contributed by atoms with Crippen LogP contribution in [0.1, 0.15) is 33.7 Å². The van der Waals surface area contributed by atoms with Gasteiger partial charge in [0.2, 0.25) is 6.79 Å². The summed E-state index contributed by atoms with van der Waals surface area (Å²) >= 11 is 1.36. The van der Waals surface area contributed by atoms with Crippen LogP contribution in [0.4, 0.5) is 24.7 Å². The highest BCUT2D eigenvalue weighted by atomic mass is 32.1. The average molecular weight is 436 g/mol. The van der Waals surface area contributed by atoms with Crippen molar-refractivity contribution in [3.63, 3.8) is 0 Å². The van der Waals surface area contributed by atoms with Crippen LogP contribution in [0.15, 0.2) is 41.9 Å². The minimum atomic E-state index is -4.50. The smallest absolute Gasteiger partial charge is 0.410 e. The Hall–Kier alpha value is -3.21. The number of ether oxygens (including phenoxy) is 2. The van der Waals surface area contributed by atoms with E-state index in [4.69, 9.17) is 9.47 Å². The van der Waals surface area contributed by atoms with Crippen molar-refractivity contribution in [2.24, 2.45) is 0 Å². The fraction of sp³-hybridized carbons (Fsp3) is 0.263. The molecule has 5 rings (SSSR count). The van der Waals surface area contributed by atoms with Crippen LogP contribution in [0.5, 0.6) is 11.5 Å². The number of aromatic nitrogens is 2. The highest BCUT2D eigenvalue weighted by Crippen LogP contribution is 2.45. The zero-order chi connectivity index (χ0) is 20.9. The Labute approximate surface area is 172 Å². The van der Waals surface area contributed by atoms with Crippen LogP contribution in [0.3, 0.4) is 0 Å². The summed E-state index contributed by atoms with van der Waals surface area (Å²) in [4.78, 5) is 13.6. The lowest BCUT2D eigenvalue weighted by Crippen LogP contribution is -2.36. The van der Waals surface area contributed by atoms with Gasteiger partial charge in [0.25, 0.3) is 5.91 Å². The molecule has 0 fully saturated rings. The first-order valence-corrected chi connectivity index (χ1v) is 9.93. The number of rotatable bonds is 3. The van der Waals surface area contributed by atoms with E-state index < -0.39 is 24.2 Å². The van der Waals surface area contributed by atoms with Crippen molar-refractivity contribution in [1.82, 2.24) is 9.78 Å². The maximum absolute atomic E-state index is 13.7. The molecular weight excluding hydrogens is 421 g/mol. The van der Waals surface area contributed by atoms with Crippen LogP contribution in [0, 0.1) is 0 Å². The van der Waals surface area contributed by atoms with Gasteiger partial charge in [-0.2, -0.15) is 18.3 Å². The zero-order valence-electron chi connectivity index (χ0n) is 15.3. The highest BCUT2D eigenvalue weighted by Gasteiger charge is 2.47. The average Bonchev–Trinajstić information content (AvgIpc) is 3.45. The molecule has 0 unspecified atom stereocenters. The molecule has 156 valence electrons. The number of carbonyl (C=O) groups excluding carboxylic acids is 1. The van der Waals surface area contributed by atoms with E-state index in [1.165, 1.54) is 11.3 Å². The first-order valence-electron chi connectivity index (χ1n) is 9.05. The molecule has 4 heterocycles. The van der Waals surface area contributed by atoms with Gasteiger partial charge in [-0.15, -0.1) is 11.3 Å². The molecule has 1 aromatic carbocycles. The van der Waals surface area contributed by atoms with Gasteiger partial charge in [0.05, 0.1) is 12.2 Å². The molecule has 2 aliphatic rings. The van der Waals surface area contributed by atoms with Crippen molar-refractivity contribution in [1.29, 1.82) is 0 Å². The monoisotopic (exact) mass is 436 g/mol. The molecule has 2 atom stereocenters. The lowest BCUT2D eigenvalue weighted by atomic mass is 10.0. The van der Waals surface area contributed by atoms with E-state index in [0.29, 0.717) is 17.2 Å². The van der Waals surface area contributed by atoms with Gasteiger partial charge in [0, 0.05) is 23.1 Å². The molecule has 0 bridgehead atoms. The number of hydrogen-bond acceptors (Lipinski definition) is 6. The maximum Gasteiger partial charge on any atom is 0.410 e. The van der Waals surface area contributed by atoms with Crippen LogP contribution in [0.2, 0.25) is 0 Å². The van der Waals surface area contributed by atoms with E-state index in [9.17, 15) is 18.0 Å². The quantitative estimate of drug-likeness (QED) is 0.628. The topological polar surface area (TPSA) is 77.4 Å². The Balaban J connectivity index is 1.46. The summed E-state index contributed by atoms with van der Waals surface area (Å²) in [5, 5.41) is 11.4. The Morgan fingerprint density at radius 2 is 2.10 bits per heavy atom. The molecule has 7 nitrogen and oxygen atoms in total. The lowest BCUT2D eigenvalue weighted by Gasteiger charge is -2.33. The summed E-state index contributed by atoms with van der Waals surface area (Å²) in [5.41, 5.74) is 0.463. The number of fused-ring (bicyclic) bond motifs is 2. The van der Waals surface area contributed by atoms with Gasteiger partial charge in [-0.3, -0.25) is 4.79 Å². The number of hydrogen-bond donors (Lipinski definition) is 2. The van der Waals surface area contributed by atoms with Gasteiger partial charge in [-0.1, -0.05) is 6.07 Å². The van der Waals surface area contributed by atoms with Gasteiger partial charge < -0.3 is 20.1 Å². The summed E-state index contributed by atoms with van der Waals surface area (Å²) < 4.78 is 52.5. The molecule has 0 spiro atoms. The fourth-order valence-corrected chi connectivity index (χ4v) is 4.37. The fourth-order valence-electron chi connectivity index (χ4n) is 3.58. The van der Waals surface area contributed by atoms with Gasteiger partial charge in [0.15, 0.2) is 17.5 Å². The molecule has 2 aromatic heterocycles. The van der Waals surface area contributed by atoms with Gasteiger partial charge >= 0.3 is 6.18 Å². The number of thiophene rings is 1. The van der Waals surface area contributed by atoms with E-state index in [2.05, 4.69) is 15.7 Å². The van der Waals surface area contributed by atoms with Gasteiger partial charge in [-0.05, 0) is 23.6 Å². The minimum absolute atomic E-state index is 0.0307. The Bertz CT molecular complexity index is 1100. The Kier molecular flexibility index (Phi) is 4.35. The van der Waals surface area contributed by atoms with Crippen molar-refractivity contribution >= 4 is 28.7 Å². The molecule has 3 aromatic rings. The van der Waals surface area contributed by atoms with Crippen LogP contribution in [-0.2, 0) is 0 Å². The number of benzene rings is 1. The molecule has 0 aliphatic carbocycles. The molecular formula is C19H15F3N4O3S. The largest absolute Gasteiger partial charge is 0.454 e. The van der Waals surface area contributed by atoms with Crippen LogP contribution >= 0.6 is 11.3 Å². The number of halogens is 3. The zero-order valence-corrected chi connectivity index (χ0v) is 16.1. The normalized spacial score (nSPS) is 19.8. The Morgan fingerprint density at radius 1 is 1.27 bits per heavy atom. The number of nitrogens with one attached hydrogen (secondary N) is 2. The third kappa shape index (κ3) is 3.24. The predicted molar refractivity (Wildman–Crippen MR) is 103 cm³/mol. The van der Waals surface area contributed by atoms with Crippen molar-refractivity contribution in [3.8, 4) is 11.5 Å².